The molecule has 3 aromatic carbocycles. The number of nitrogens with one attached hydrogen (secondary N) is 4. The van der Waals surface area contributed by atoms with E-state index in [4.69, 9.17) is 0 Å². The first-order chi connectivity index (χ1) is 16.8. The molecule has 4 aromatic rings. The van der Waals surface area contributed by atoms with Crippen molar-refractivity contribution in [2.75, 3.05) is 23.0 Å². The third kappa shape index (κ3) is 6.19. The van der Waals surface area contributed by atoms with Gasteiger partial charge in [0.05, 0.1) is 4.90 Å². The van der Waals surface area contributed by atoms with Crippen LogP contribution in [0.1, 0.15) is 6.92 Å². The minimum absolute atomic E-state index is 0.124. The number of amides is 1. The number of aromatic nitrogens is 2. The molecule has 0 radical (unpaired) electrons. The van der Waals surface area contributed by atoms with Gasteiger partial charge in [0, 0.05) is 30.1 Å². The Morgan fingerprint density at radius 3 is 1.89 bits per heavy atom. The highest BCUT2D eigenvalue weighted by Crippen LogP contribution is 2.27. The predicted octanol–water partition coefficient (Wildman–Crippen LogP) is 4.50. The van der Waals surface area contributed by atoms with Crippen molar-refractivity contribution in [1.29, 1.82) is 0 Å². The molecule has 0 bridgehead atoms. The second-order valence-corrected chi connectivity index (χ2v) is 9.50. The summed E-state index contributed by atoms with van der Waals surface area (Å²) in [6.07, 6.45) is 1.42. The van der Waals surface area contributed by atoms with E-state index in [1.165, 1.54) is 32.4 Å². The Morgan fingerprint density at radius 1 is 0.743 bits per heavy atom. The largest absolute Gasteiger partial charge is 0.340 e. The van der Waals surface area contributed by atoms with Crippen molar-refractivity contribution >= 4 is 44.6 Å². The van der Waals surface area contributed by atoms with Crippen LogP contribution >= 0.6 is 0 Å². The van der Waals surface area contributed by atoms with Gasteiger partial charge in [-0.1, -0.05) is 30.3 Å². The first-order valence-corrected chi connectivity index (χ1v) is 12.2. The quantitative estimate of drug-likeness (QED) is 0.288. The smallest absolute Gasteiger partial charge is 0.240 e. The van der Waals surface area contributed by atoms with E-state index in [-0.39, 0.29) is 10.8 Å². The highest BCUT2D eigenvalue weighted by Gasteiger charge is 2.12. The van der Waals surface area contributed by atoms with Crippen LogP contribution in [-0.2, 0) is 14.8 Å². The van der Waals surface area contributed by atoms with Crippen molar-refractivity contribution in [1.82, 2.24) is 14.7 Å². The fourth-order valence-electron chi connectivity index (χ4n) is 3.40. The van der Waals surface area contributed by atoms with Crippen LogP contribution in [0.15, 0.2) is 90.1 Å². The van der Waals surface area contributed by atoms with Crippen LogP contribution in [0.5, 0.6) is 0 Å². The molecule has 0 aliphatic carbocycles. The molecule has 4 rings (SSSR count). The Morgan fingerprint density at radius 2 is 1.29 bits per heavy atom. The van der Waals surface area contributed by atoms with Gasteiger partial charge in [0.25, 0.3) is 0 Å². The van der Waals surface area contributed by atoms with Crippen molar-refractivity contribution in [3.05, 3.63) is 85.2 Å². The van der Waals surface area contributed by atoms with Crippen LogP contribution in [-0.4, -0.2) is 31.3 Å². The van der Waals surface area contributed by atoms with Gasteiger partial charge in [-0.3, -0.25) is 4.79 Å². The zero-order chi connectivity index (χ0) is 24.8. The molecule has 0 atom stereocenters. The fraction of sp³-hybridized carbons (Fsp3) is 0.0800. The summed E-state index contributed by atoms with van der Waals surface area (Å²) < 4.78 is 26.4. The Balaban J connectivity index is 1.52. The van der Waals surface area contributed by atoms with Gasteiger partial charge in [0.15, 0.2) is 0 Å². The topological polar surface area (TPSA) is 125 Å². The molecule has 0 fully saturated rings. The van der Waals surface area contributed by atoms with Crippen molar-refractivity contribution in [3.63, 3.8) is 0 Å². The number of rotatable bonds is 8. The van der Waals surface area contributed by atoms with Gasteiger partial charge in [-0.25, -0.2) is 23.1 Å². The summed E-state index contributed by atoms with van der Waals surface area (Å²) in [7, 11) is -2.19. The number of anilines is 5. The first-order valence-electron chi connectivity index (χ1n) is 10.7. The Labute approximate surface area is 203 Å². The summed E-state index contributed by atoms with van der Waals surface area (Å²) in [6, 6.07) is 23.6. The second-order valence-electron chi connectivity index (χ2n) is 7.62. The van der Waals surface area contributed by atoms with E-state index in [1.54, 1.807) is 18.2 Å². The highest BCUT2D eigenvalue weighted by atomic mass is 32.2. The summed E-state index contributed by atoms with van der Waals surface area (Å²) in [4.78, 5) is 20.0. The average Bonchev–Trinajstić information content (AvgIpc) is 2.84. The monoisotopic (exact) mass is 488 g/mol. The molecule has 10 heteroatoms. The van der Waals surface area contributed by atoms with Gasteiger partial charge in [0.1, 0.15) is 18.0 Å². The van der Waals surface area contributed by atoms with E-state index < -0.39 is 10.0 Å². The molecule has 1 heterocycles. The molecule has 1 aromatic heterocycles. The molecular weight excluding hydrogens is 464 g/mol. The van der Waals surface area contributed by atoms with Crippen LogP contribution < -0.4 is 20.7 Å². The Bertz CT molecular complexity index is 1470. The predicted molar refractivity (Wildman–Crippen MR) is 137 cm³/mol. The lowest BCUT2D eigenvalue weighted by Gasteiger charge is -2.11. The normalized spacial score (nSPS) is 11.0. The van der Waals surface area contributed by atoms with Crippen LogP contribution in [0.25, 0.3) is 11.1 Å². The molecule has 0 saturated carbocycles. The van der Waals surface area contributed by atoms with Gasteiger partial charge in [-0.05, 0) is 60.6 Å². The molecule has 35 heavy (non-hydrogen) atoms. The maximum absolute atomic E-state index is 12.1. The van der Waals surface area contributed by atoms with E-state index in [0.29, 0.717) is 17.3 Å². The summed E-state index contributed by atoms with van der Waals surface area (Å²) in [6.45, 7) is 1.48. The SMILES string of the molecule is CNS(=O)(=O)c1cccc(Nc2cc(Nc3cccc(-c4cccc(NC(C)=O)c4)c3)ncn2)c1. The molecule has 0 aliphatic rings. The molecular formula is C25H24N6O3S. The molecule has 178 valence electrons. The minimum atomic E-state index is -3.55. The number of hydrogen-bond acceptors (Lipinski definition) is 7. The van der Waals surface area contributed by atoms with Crippen molar-refractivity contribution in [3.8, 4) is 11.1 Å². The standard InChI is InChI=1S/C25H24N6O3S/c1-17(32)29-20-8-3-6-18(12-20)19-7-4-9-21(13-19)30-24-15-25(28-16-27-24)31-22-10-5-11-23(14-22)35(33,34)26-2/h3-16,26H,1-2H3,(H,29,32)(H2,27,28,30,31). The van der Waals surface area contributed by atoms with Gasteiger partial charge >= 0.3 is 0 Å². The lowest BCUT2D eigenvalue weighted by molar-refractivity contribution is -0.114. The zero-order valence-electron chi connectivity index (χ0n) is 19.1. The molecule has 0 aliphatic heterocycles. The summed E-state index contributed by atoms with van der Waals surface area (Å²) in [5, 5.41) is 9.17. The number of sulfonamides is 1. The third-order valence-corrected chi connectivity index (χ3v) is 6.42. The minimum Gasteiger partial charge on any atom is -0.340 e. The van der Waals surface area contributed by atoms with Crippen molar-refractivity contribution in [2.45, 2.75) is 11.8 Å². The maximum Gasteiger partial charge on any atom is 0.240 e. The number of hydrogen-bond donors (Lipinski definition) is 4. The van der Waals surface area contributed by atoms with E-state index in [1.807, 2.05) is 48.5 Å². The van der Waals surface area contributed by atoms with Crippen LogP contribution in [0, 0.1) is 0 Å². The van der Waals surface area contributed by atoms with Crippen LogP contribution in [0.2, 0.25) is 0 Å². The van der Waals surface area contributed by atoms with E-state index in [2.05, 4.69) is 30.6 Å². The van der Waals surface area contributed by atoms with Gasteiger partial charge < -0.3 is 16.0 Å². The second kappa shape index (κ2) is 10.3. The number of benzene rings is 3. The van der Waals surface area contributed by atoms with Crippen molar-refractivity contribution in [2.24, 2.45) is 0 Å². The third-order valence-electron chi connectivity index (χ3n) is 5.00. The van der Waals surface area contributed by atoms with Crippen molar-refractivity contribution < 1.29 is 13.2 Å². The number of nitrogens with zero attached hydrogens (tertiary/aromatic N) is 2. The van der Waals surface area contributed by atoms with Crippen LogP contribution in [0.4, 0.5) is 28.7 Å². The molecule has 0 unspecified atom stereocenters. The number of carbonyl (C=O) groups excluding carboxylic acids is 1. The first kappa shape index (κ1) is 23.9. The number of carbonyl (C=O) groups is 1. The Hall–Kier alpha value is -4.28. The average molecular weight is 489 g/mol. The van der Waals surface area contributed by atoms with Gasteiger partial charge in [0.2, 0.25) is 15.9 Å². The summed E-state index contributed by atoms with van der Waals surface area (Å²) in [5.41, 5.74) is 4.05. The summed E-state index contributed by atoms with van der Waals surface area (Å²) in [5.74, 6) is 0.937. The van der Waals surface area contributed by atoms with E-state index in [9.17, 15) is 13.2 Å². The zero-order valence-corrected chi connectivity index (χ0v) is 19.9. The highest BCUT2D eigenvalue weighted by molar-refractivity contribution is 7.89. The molecule has 0 saturated heterocycles. The van der Waals surface area contributed by atoms with E-state index in [0.717, 1.165) is 22.5 Å². The summed E-state index contributed by atoms with van der Waals surface area (Å²) >= 11 is 0. The molecule has 9 nitrogen and oxygen atoms in total. The molecule has 4 N–H and O–H groups in total. The molecule has 0 spiro atoms. The Kier molecular flexibility index (Phi) is 7.04. The van der Waals surface area contributed by atoms with Crippen LogP contribution in [0.3, 0.4) is 0 Å². The maximum atomic E-state index is 12.1. The lowest BCUT2D eigenvalue weighted by atomic mass is 10.0. The fourth-order valence-corrected chi connectivity index (χ4v) is 4.18. The van der Waals surface area contributed by atoms with Gasteiger partial charge in [-0.15, -0.1) is 0 Å². The van der Waals surface area contributed by atoms with E-state index >= 15 is 0 Å². The molecule has 1 amide bonds. The van der Waals surface area contributed by atoms with Gasteiger partial charge in [-0.2, -0.15) is 0 Å². The lowest BCUT2D eigenvalue weighted by Crippen LogP contribution is -2.18.